The van der Waals surface area contributed by atoms with Gasteiger partial charge in [0.2, 0.25) is 5.88 Å². The number of ether oxygens (including phenoxy) is 1. The van der Waals surface area contributed by atoms with E-state index in [2.05, 4.69) is 5.10 Å². The molecule has 0 fully saturated rings. The van der Waals surface area contributed by atoms with Crippen molar-refractivity contribution in [3.8, 4) is 11.6 Å². The van der Waals surface area contributed by atoms with Gasteiger partial charge < -0.3 is 4.74 Å². The lowest BCUT2D eigenvalue weighted by molar-refractivity contribution is 0.112. The quantitative estimate of drug-likeness (QED) is 0.766. The monoisotopic (exact) mass is 234 g/mol. The average Bonchev–Trinajstić information content (AvgIpc) is 2.53. The maximum Gasteiger partial charge on any atom is 0.228 e. The summed E-state index contributed by atoms with van der Waals surface area (Å²) in [5.74, 6) is 0.244. The molecule has 0 atom stereocenters. The Morgan fingerprint density at radius 3 is 2.88 bits per heavy atom. The van der Waals surface area contributed by atoms with Crippen molar-refractivity contribution >= 4 is 6.29 Å². The molecule has 1 heterocycles. The van der Waals surface area contributed by atoms with Gasteiger partial charge in [0, 0.05) is 13.1 Å². The standard InChI is InChI=1S/C12H11FN2O2/c1-8-11(7-16)12(15(2)14-8)17-10-5-3-4-9(13)6-10/h3-7H,1-2H3. The Hall–Kier alpha value is -2.17. The highest BCUT2D eigenvalue weighted by Crippen LogP contribution is 2.26. The number of benzene rings is 1. The lowest BCUT2D eigenvalue weighted by atomic mass is 10.3. The Morgan fingerprint density at radius 1 is 1.47 bits per heavy atom. The predicted octanol–water partition coefficient (Wildman–Crippen LogP) is 2.47. The number of carbonyl (C=O) groups is 1. The van der Waals surface area contributed by atoms with Crippen molar-refractivity contribution in [2.45, 2.75) is 6.92 Å². The zero-order valence-electron chi connectivity index (χ0n) is 9.48. The second-order valence-electron chi connectivity index (χ2n) is 3.61. The van der Waals surface area contributed by atoms with Crippen LogP contribution in [-0.4, -0.2) is 16.1 Å². The molecule has 0 N–H and O–H groups in total. The summed E-state index contributed by atoms with van der Waals surface area (Å²) in [7, 11) is 1.66. The summed E-state index contributed by atoms with van der Waals surface area (Å²) in [5, 5.41) is 4.07. The number of aldehydes is 1. The molecule has 1 aromatic carbocycles. The fourth-order valence-corrected chi connectivity index (χ4v) is 1.55. The summed E-state index contributed by atoms with van der Waals surface area (Å²) in [6.45, 7) is 1.71. The minimum atomic E-state index is -0.394. The van der Waals surface area contributed by atoms with E-state index in [1.165, 1.54) is 22.9 Å². The van der Waals surface area contributed by atoms with Gasteiger partial charge in [0.05, 0.1) is 11.3 Å². The number of halogens is 1. The first-order valence-electron chi connectivity index (χ1n) is 5.04. The number of hydrogen-bond acceptors (Lipinski definition) is 3. The molecule has 0 bridgehead atoms. The number of aromatic nitrogens is 2. The largest absolute Gasteiger partial charge is 0.438 e. The van der Waals surface area contributed by atoms with Crippen LogP contribution in [0.2, 0.25) is 0 Å². The maximum atomic E-state index is 13.0. The second-order valence-corrected chi connectivity index (χ2v) is 3.61. The maximum absolute atomic E-state index is 13.0. The number of nitrogens with zero attached hydrogens (tertiary/aromatic N) is 2. The van der Waals surface area contributed by atoms with Gasteiger partial charge in [-0.15, -0.1) is 0 Å². The summed E-state index contributed by atoms with van der Waals surface area (Å²) in [6, 6.07) is 5.72. The number of hydrogen-bond donors (Lipinski definition) is 0. The van der Waals surface area contributed by atoms with Crippen molar-refractivity contribution in [3.63, 3.8) is 0 Å². The fourth-order valence-electron chi connectivity index (χ4n) is 1.55. The summed E-state index contributed by atoms with van der Waals surface area (Å²) in [5.41, 5.74) is 0.950. The molecule has 0 unspecified atom stereocenters. The minimum Gasteiger partial charge on any atom is -0.438 e. The summed E-state index contributed by atoms with van der Waals surface area (Å²) in [6.07, 6.45) is 0.678. The molecule has 17 heavy (non-hydrogen) atoms. The molecule has 5 heteroatoms. The Bertz CT molecular complexity index is 564. The molecule has 2 rings (SSSR count). The van der Waals surface area contributed by atoms with Crippen LogP contribution in [0.5, 0.6) is 11.6 Å². The van der Waals surface area contributed by atoms with Gasteiger partial charge in [-0.2, -0.15) is 5.10 Å². The van der Waals surface area contributed by atoms with E-state index < -0.39 is 5.82 Å². The topological polar surface area (TPSA) is 44.1 Å². The number of carbonyl (C=O) groups excluding carboxylic acids is 1. The van der Waals surface area contributed by atoms with Gasteiger partial charge >= 0.3 is 0 Å². The third-order valence-electron chi connectivity index (χ3n) is 2.34. The highest BCUT2D eigenvalue weighted by Gasteiger charge is 2.14. The Morgan fingerprint density at radius 2 is 2.24 bits per heavy atom. The third-order valence-corrected chi connectivity index (χ3v) is 2.34. The van der Waals surface area contributed by atoms with Gasteiger partial charge in [0.15, 0.2) is 6.29 Å². The molecule has 0 amide bonds. The highest BCUT2D eigenvalue weighted by atomic mass is 19.1. The van der Waals surface area contributed by atoms with Crippen molar-refractivity contribution in [1.82, 2.24) is 9.78 Å². The van der Waals surface area contributed by atoms with Gasteiger partial charge in [-0.3, -0.25) is 4.79 Å². The molecule has 4 nitrogen and oxygen atoms in total. The van der Waals surface area contributed by atoms with Crippen molar-refractivity contribution in [2.24, 2.45) is 7.05 Å². The molecule has 0 aliphatic carbocycles. The summed E-state index contributed by atoms with van der Waals surface area (Å²) in [4.78, 5) is 10.9. The van der Waals surface area contributed by atoms with E-state index >= 15 is 0 Å². The van der Waals surface area contributed by atoms with E-state index in [0.717, 1.165) is 0 Å². The van der Waals surface area contributed by atoms with Gasteiger partial charge in [0.25, 0.3) is 0 Å². The van der Waals surface area contributed by atoms with Gasteiger partial charge in [-0.1, -0.05) is 6.07 Å². The van der Waals surface area contributed by atoms with Gasteiger partial charge in [-0.25, -0.2) is 9.07 Å². The van der Waals surface area contributed by atoms with Crippen molar-refractivity contribution < 1.29 is 13.9 Å². The molecular weight excluding hydrogens is 223 g/mol. The van der Waals surface area contributed by atoms with Gasteiger partial charge in [-0.05, 0) is 19.1 Å². The fraction of sp³-hybridized carbons (Fsp3) is 0.167. The van der Waals surface area contributed by atoms with Crippen LogP contribution in [0.15, 0.2) is 24.3 Å². The van der Waals surface area contributed by atoms with Crippen LogP contribution < -0.4 is 4.74 Å². The smallest absolute Gasteiger partial charge is 0.228 e. The van der Waals surface area contributed by atoms with Crippen molar-refractivity contribution in [2.75, 3.05) is 0 Å². The van der Waals surface area contributed by atoms with E-state index in [1.54, 1.807) is 20.0 Å². The molecule has 0 radical (unpaired) electrons. The van der Waals surface area contributed by atoms with Crippen LogP contribution in [0, 0.1) is 12.7 Å². The van der Waals surface area contributed by atoms with Crippen LogP contribution in [0.3, 0.4) is 0 Å². The second kappa shape index (κ2) is 4.37. The predicted molar refractivity (Wildman–Crippen MR) is 59.8 cm³/mol. The first-order chi connectivity index (χ1) is 8.11. The van der Waals surface area contributed by atoms with E-state index in [-0.39, 0.29) is 0 Å². The van der Waals surface area contributed by atoms with Crippen LogP contribution in [-0.2, 0) is 7.05 Å². The Labute approximate surface area is 97.6 Å². The Kier molecular flexibility index (Phi) is 2.91. The summed E-state index contributed by atoms with van der Waals surface area (Å²) < 4.78 is 19.9. The molecule has 0 aliphatic rings. The van der Waals surface area contributed by atoms with Crippen molar-refractivity contribution in [1.29, 1.82) is 0 Å². The third kappa shape index (κ3) is 2.18. The SMILES string of the molecule is Cc1nn(C)c(Oc2cccc(F)c2)c1C=O. The highest BCUT2D eigenvalue weighted by molar-refractivity contribution is 5.80. The number of rotatable bonds is 3. The van der Waals surface area contributed by atoms with Crippen LogP contribution in [0.4, 0.5) is 4.39 Å². The zero-order valence-corrected chi connectivity index (χ0v) is 9.48. The van der Waals surface area contributed by atoms with E-state index in [4.69, 9.17) is 4.74 Å². The normalized spacial score (nSPS) is 10.3. The molecule has 0 saturated carbocycles. The average molecular weight is 234 g/mol. The minimum absolute atomic E-state index is 0.308. The Balaban J connectivity index is 2.39. The molecule has 2 aromatic rings. The van der Waals surface area contributed by atoms with E-state index in [0.29, 0.717) is 29.2 Å². The lowest BCUT2D eigenvalue weighted by Gasteiger charge is -2.06. The van der Waals surface area contributed by atoms with Crippen LogP contribution >= 0.6 is 0 Å². The molecular formula is C12H11FN2O2. The van der Waals surface area contributed by atoms with Gasteiger partial charge in [0.1, 0.15) is 11.6 Å². The van der Waals surface area contributed by atoms with E-state index in [9.17, 15) is 9.18 Å². The van der Waals surface area contributed by atoms with Crippen LogP contribution in [0.25, 0.3) is 0 Å². The molecule has 0 spiro atoms. The molecule has 88 valence electrons. The first-order valence-corrected chi connectivity index (χ1v) is 5.04. The number of aryl methyl sites for hydroxylation is 2. The van der Waals surface area contributed by atoms with Crippen LogP contribution in [0.1, 0.15) is 16.1 Å². The van der Waals surface area contributed by atoms with Crippen molar-refractivity contribution in [3.05, 3.63) is 41.3 Å². The lowest BCUT2D eigenvalue weighted by Crippen LogP contribution is -1.96. The molecule has 0 aliphatic heterocycles. The summed E-state index contributed by atoms with van der Waals surface area (Å²) >= 11 is 0. The molecule has 1 aromatic heterocycles. The first kappa shape index (κ1) is 11.3. The van der Waals surface area contributed by atoms with E-state index in [1.807, 2.05) is 0 Å². The zero-order chi connectivity index (χ0) is 12.4. The molecule has 0 saturated heterocycles.